The van der Waals surface area contributed by atoms with Crippen molar-refractivity contribution in [1.29, 1.82) is 0 Å². The van der Waals surface area contributed by atoms with E-state index in [0.29, 0.717) is 11.4 Å². The zero-order valence-electron chi connectivity index (χ0n) is 26.4. The summed E-state index contributed by atoms with van der Waals surface area (Å²) in [6, 6.07) is 14.3. The number of benzene rings is 2. The van der Waals surface area contributed by atoms with Gasteiger partial charge in [-0.1, -0.05) is 24.3 Å². The highest BCUT2D eigenvalue weighted by atomic mass is 32.2. The average Bonchev–Trinajstić information content (AvgIpc) is 2.92. The number of anilines is 1. The molecule has 0 saturated heterocycles. The van der Waals surface area contributed by atoms with Crippen LogP contribution in [-0.2, 0) is 31.6 Å². The van der Waals surface area contributed by atoms with E-state index in [2.05, 4.69) is 17.4 Å². The first-order valence-electron chi connectivity index (χ1n) is 15.5. The van der Waals surface area contributed by atoms with Gasteiger partial charge in [-0.3, -0.25) is 13.9 Å². The second kappa shape index (κ2) is 11.8. The zero-order chi connectivity index (χ0) is 31.2. The van der Waals surface area contributed by atoms with Gasteiger partial charge in [0.1, 0.15) is 18.3 Å². The molecule has 4 fully saturated rings. The lowest BCUT2D eigenvalue weighted by molar-refractivity contribution is -0.140. The number of nitrogens with one attached hydrogen (secondary N) is 1. The van der Waals surface area contributed by atoms with Crippen molar-refractivity contribution in [3.63, 3.8) is 0 Å². The third kappa shape index (κ3) is 7.03. The Kier molecular flexibility index (Phi) is 8.60. The van der Waals surface area contributed by atoms with Crippen molar-refractivity contribution in [2.24, 2.45) is 17.8 Å². The summed E-state index contributed by atoms with van der Waals surface area (Å²) in [5.41, 5.74) is 2.23. The van der Waals surface area contributed by atoms with Crippen LogP contribution in [0.3, 0.4) is 0 Å². The van der Waals surface area contributed by atoms with E-state index in [1.807, 2.05) is 57.2 Å². The van der Waals surface area contributed by atoms with Crippen LogP contribution in [0.25, 0.3) is 0 Å². The summed E-state index contributed by atoms with van der Waals surface area (Å²) in [5, 5.41) is 2.95. The van der Waals surface area contributed by atoms with Gasteiger partial charge in [0.05, 0.1) is 19.1 Å². The van der Waals surface area contributed by atoms with Crippen molar-refractivity contribution in [3.8, 4) is 5.75 Å². The van der Waals surface area contributed by atoms with Crippen LogP contribution in [0.2, 0.25) is 0 Å². The number of rotatable bonds is 10. The number of nitrogens with zero attached hydrogens (tertiary/aromatic N) is 2. The fraction of sp³-hybridized carbons (Fsp3) is 0.588. The van der Waals surface area contributed by atoms with Crippen molar-refractivity contribution in [3.05, 3.63) is 59.7 Å². The molecule has 0 heterocycles. The average molecular weight is 610 g/mol. The van der Waals surface area contributed by atoms with Gasteiger partial charge in [0.2, 0.25) is 21.8 Å². The summed E-state index contributed by atoms with van der Waals surface area (Å²) in [5.74, 6) is 2.29. The van der Waals surface area contributed by atoms with Crippen LogP contribution in [0.5, 0.6) is 5.75 Å². The molecular weight excluding hydrogens is 562 g/mol. The molecule has 1 atom stereocenters. The molecule has 0 aliphatic heterocycles. The Hall–Kier alpha value is -3.07. The van der Waals surface area contributed by atoms with E-state index in [0.717, 1.165) is 33.9 Å². The van der Waals surface area contributed by atoms with Crippen molar-refractivity contribution in [2.75, 3.05) is 24.2 Å². The van der Waals surface area contributed by atoms with Crippen LogP contribution in [-0.4, -0.2) is 56.6 Å². The molecule has 4 aliphatic carbocycles. The highest BCUT2D eigenvalue weighted by Crippen LogP contribution is 2.60. The number of hydrogen-bond donors (Lipinski definition) is 1. The van der Waals surface area contributed by atoms with Crippen molar-refractivity contribution in [2.45, 2.75) is 89.8 Å². The topological polar surface area (TPSA) is 96.0 Å². The molecule has 4 saturated carbocycles. The molecule has 8 nitrogen and oxygen atoms in total. The van der Waals surface area contributed by atoms with E-state index in [1.165, 1.54) is 49.0 Å². The SMILES string of the molecule is COc1cccc(CN(C(=O)CN(c2ccc(C34CC5CC(CC(C5)C3)C4)cc2)S(C)(=O)=O)[C@H](C)C(=O)NC(C)(C)C)c1. The molecule has 2 aromatic carbocycles. The van der Waals surface area contributed by atoms with E-state index < -0.39 is 34.1 Å². The van der Waals surface area contributed by atoms with Crippen LogP contribution in [0.1, 0.15) is 77.3 Å². The van der Waals surface area contributed by atoms with Gasteiger partial charge in [-0.05, 0) is 125 Å². The van der Waals surface area contributed by atoms with E-state index >= 15 is 0 Å². The van der Waals surface area contributed by atoms with Crippen LogP contribution in [0, 0.1) is 17.8 Å². The minimum atomic E-state index is -3.80. The number of sulfonamides is 1. The van der Waals surface area contributed by atoms with E-state index in [9.17, 15) is 18.0 Å². The van der Waals surface area contributed by atoms with Gasteiger partial charge in [0.15, 0.2) is 0 Å². The van der Waals surface area contributed by atoms with Crippen LogP contribution in [0.4, 0.5) is 5.69 Å². The summed E-state index contributed by atoms with van der Waals surface area (Å²) in [6.07, 6.45) is 8.87. The molecule has 0 unspecified atom stereocenters. The molecule has 6 rings (SSSR count). The Balaban J connectivity index is 1.40. The van der Waals surface area contributed by atoms with Gasteiger partial charge in [-0.2, -0.15) is 0 Å². The van der Waals surface area contributed by atoms with Gasteiger partial charge in [-0.25, -0.2) is 8.42 Å². The molecular formula is C34H47N3O5S. The van der Waals surface area contributed by atoms with Crippen molar-refractivity contribution >= 4 is 27.5 Å². The Morgan fingerprint density at radius 2 is 1.58 bits per heavy atom. The van der Waals surface area contributed by atoms with Crippen LogP contribution < -0.4 is 14.4 Å². The first-order valence-corrected chi connectivity index (χ1v) is 17.3. The summed E-state index contributed by atoms with van der Waals surface area (Å²) in [4.78, 5) is 28.6. The molecule has 234 valence electrons. The Bertz CT molecular complexity index is 1410. The number of methoxy groups -OCH3 is 1. The summed E-state index contributed by atoms with van der Waals surface area (Å²) < 4.78 is 32.7. The number of carbonyl (C=O) groups is 2. The predicted octanol–water partition coefficient (Wildman–Crippen LogP) is 5.26. The molecule has 2 aromatic rings. The lowest BCUT2D eigenvalue weighted by Gasteiger charge is -2.57. The van der Waals surface area contributed by atoms with Gasteiger partial charge in [0.25, 0.3) is 0 Å². The normalized spacial score (nSPS) is 25.2. The Labute approximate surface area is 257 Å². The first kappa shape index (κ1) is 31.4. The molecule has 0 radical (unpaired) electrons. The van der Waals surface area contributed by atoms with Crippen molar-refractivity contribution in [1.82, 2.24) is 10.2 Å². The number of ether oxygens (including phenoxy) is 1. The van der Waals surface area contributed by atoms with Crippen molar-refractivity contribution < 1.29 is 22.7 Å². The highest BCUT2D eigenvalue weighted by Gasteiger charge is 2.51. The fourth-order valence-electron chi connectivity index (χ4n) is 8.08. The zero-order valence-corrected chi connectivity index (χ0v) is 27.2. The van der Waals surface area contributed by atoms with E-state index in [1.54, 1.807) is 14.0 Å². The maximum Gasteiger partial charge on any atom is 0.244 e. The minimum absolute atomic E-state index is 0.122. The maximum absolute atomic E-state index is 13.9. The van der Waals surface area contributed by atoms with E-state index in [-0.39, 0.29) is 17.9 Å². The van der Waals surface area contributed by atoms with Gasteiger partial charge < -0.3 is 15.0 Å². The number of amides is 2. The fourth-order valence-corrected chi connectivity index (χ4v) is 8.93. The first-order chi connectivity index (χ1) is 20.2. The molecule has 4 bridgehead atoms. The Morgan fingerprint density at radius 1 is 1.00 bits per heavy atom. The predicted molar refractivity (Wildman–Crippen MR) is 169 cm³/mol. The third-order valence-corrected chi connectivity index (χ3v) is 10.8. The summed E-state index contributed by atoms with van der Waals surface area (Å²) in [7, 11) is -2.23. The van der Waals surface area contributed by atoms with Crippen LogP contribution in [0.15, 0.2) is 48.5 Å². The lowest BCUT2D eigenvalue weighted by atomic mass is 9.48. The number of carbonyl (C=O) groups excluding carboxylic acids is 2. The van der Waals surface area contributed by atoms with Crippen LogP contribution >= 0.6 is 0 Å². The minimum Gasteiger partial charge on any atom is -0.497 e. The second-order valence-corrected chi connectivity index (χ2v) is 16.2. The highest BCUT2D eigenvalue weighted by molar-refractivity contribution is 7.92. The standard InChI is InChI=1S/C34H47N3O5S/c1-23(32(39)35-33(2,3)4)36(21-24-8-7-9-30(17-24)42-5)31(38)22-37(43(6,40)41)29-12-10-28(11-13-29)34-18-25-14-26(19-34)16-27(15-25)20-34/h7-13,17,23,25-27H,14-16,18-22H2,1-6H3,(H,35,39)/t23-,25?,26?,27?,34?/m1/s1. The molecule has 43 heavy (non-hydrogen) atoms. The third-order valence-electron chi connectivity index (χ3n) is 9.64. The van der Waals surface area contributed by atoms with Gasteiger partial charge in [-0.15, -0.1) is 0 Å². The summed E-state index contributed by atoms with van der Waals surface area (Å²) >= 11 is 0. The number of hydrogen-bond acceptors (Lipinski definition) is 5. The van der Waals surface area contributed by atoms with Gasteiger partial charge in [0, 0.05) is 12.1 Å². The molecule has 9 heteroatoms. The van der Waals surface area contributed by atoms with Gasteiger partial charge >= 0.3 is 0 Å². The maximum atomic E-state index is 13.9. The largest absolute Gasteiger partial charge is 0.497 e. The molecule has 4 aliphatic rings. The molecule has 1 N–H and O–H groups in total. The van der Waals surface area contributed by atoms with E-state index in [4.69, 9.17) is 4.74 Å². The molecule has 0 spiro atoms. The lowest BCUT2D eigenvalue weighted by Crippen LogP contribution is -2.54. The quantitative estimate of drug-likeness (QED) is 0.397. The monoisotopic (exact) mass is 609 g/mol. The second-order valence-electron chi connectivity index (χ2n) is 14.3. The molecule has 0 aromatic heterocycles. The smallest absolute Gasteiger partial charge is 0.244 e. The summed E-state index contributed by atoms with van der Waals surface area (Å²) in [6.45, 7) is 7.02. The molecule has 2 amide bonds. The Morgan fingerprint density at radius 3 is 2.09 bits per heavy atom.